The topological polar surface area (TPSA) is 39.7 Å². The zero-order chi connectivity index (χ0) is 18.7. The lowest BCUT2D eigenvalue weighted by Gasteiger charge is -2.19. The second kappa shape index (κ2) is 11.6. The fraction of sp³-hybridized carbons (Fsp3) is 0.944. The number of nitrogens with zero attached hydrogens (tertiary/aromatic N) is 2. The number of nitrogens with one attached hydrogen (secondary N) is 2. The molecule has 0 aliphatic carbocycles. The minimum Gasteiger partial charge on any atom is -0.357 e. The molecular weight excluding hydrogens is 329 g/mol. The van der Waals surface area contributed by atoms with Gasteiger partial charge >= 0.3 is 6.18 Å². The van der Waals surface area contributed by atoms with E-state index in [1.165, 1.54) is 30.6 Å². The second-order valence-corrected chi connectivity index (χ2v) is 7.12. The van der Waals surface area contributed by atoms with Crippen LogP contribution in [0.25, 0.3) is 0 Å². The fourth-order valence-corrected chi connectivity index (χ4v) is 3.18. The van der Waals surface area contributed by atoms with Crippen molar-refractivity contribution in [2.75, 3.05) is 32.7 Å². The van der Waals surface area contributed by atoms with Crippen LogP contribution in [0.5, 0.6) is 0 Å². The van der Waals surface area contributed by atoms with Crippen molar-refractivity contribution in [1.82, 2.24) is 15.5 Å². The number of halogens is 3. The molecule has 1 saturated heterocycles. The number of hydrogen-bond acceptors (Lipinski definition) is 2. The molecular formula is C18H35F3N4. The van der Waals surface area contributed by atoms with Gasteiger partial charge < -0.3 is 10.6 Å². The second-order valence-electron chi connectivity index (χ2n) is 7.12. The molecule has 0 bridgehead atoms. The predicted molar refractivity (Wildman–Crippen MR) is 97.9 cm³/mol. The molecule has 148 valence electrons. The first-order chi connectivity index (χ1) is 11.8. The molecule has 0 aromatic rings. The lowest BCUT2D eigenvalue weighted by molar-refractivity contribution is -0.143. The summed E-state index contributed by atoms with van der Waals surface area (Å²) >= 11 is 0. The molecule has 0 aromatic carbocycles. The molecule has 1 heterocycles. The van der Waals surface area contributed by atoms with Crippen LogP contribution in [0.1, 0.15) is 59.3 Å². The maximum Gasteiger partial charge on any atom is 0.401 e. The van der Waals surface area contributed by atoms with Gasteiger partial charge in [0.2, 0.25) is 0 Å². The van der Waals surface area contributed by atoms with Crippen molar-refractivity contribution < 1.29 is 13.2 Å². The number of alkyl halides is 3. The van der Waals surface area contributed by atoms with E-state index in [4.69, 9.17) is 0 Å². The lowest BCUT2D eigenvalue weighted by Crippen LogP contribution is -2.42. The highest BCUT2D eigenvalue weighted by atomic mass is 19.4. The van der Waals surface area contributed by atoms with Gasteiger partial charge in [-0.3, -0.25) is 9.89 Å². The average Bonchev–Trinajstić information content (AvgIpc) is 2.95. The van der Waals surface area contributed by atoms with Crippen LogP contribution in [0.15, 0.2) is 4.99 Å². The first-order valence-electron chi connectivity index (χ1n) is 9.68. The van der Waals surface area contributed by atoms with Crippen molar-refractivity contribution in [2.24, 2.45) is 10.9 Å². The van der Waals surface area contributed by atoms with E-state index in [-0.39, 0.29) is 5.92 Å². The Morgan fingerprint density at radius 2 is 2.00 bits per heavy atom. The van der Waals surface area contributed by atoms with E-state index in [0.717, 1.165) is 25.3 Å². The van der Waals surface area contributed by atoms with Crippen LogP contribution < -0.4 is 10.6 Å². The van der Waals surface area contributed by atoms with Gasteiger partial charge in [-0.2, -0.15) is 13.2 Å². The molecule has 1 aliphatic heterocycles. The summed E-state index contributed by atoms with van der Waals surface area (Å²) in [7, 11) is 0. The van der Waals surface area contributed by atoms with Gasteiger partial charge in [-0.15, -0.1) is 0 Å². The molecule has 0 saturated carbocycles. The molecule has 1 fully saturated rings. The molecule has 4 nitrogen and oxygen atoms in total. The summed E-state index contributed by atoms with van der Waals surface area (Å²) in [6, 6.07) is 0.347. The monoisotopic (exact) mass is 364 g/mol. The third-order valence-electron chi connectivity index (χ3n) is 4.50. The van der Waals surface area contributed by atoms with Crippen LogP contribution in [0.3, 0.4) is 0 Å². The van der Waals surface area contributed by atoms with Gasteiger partial charge in [-0.25, -0.2) is 0 Å². The minimum absolute atomic E-state index is 0.206. The summed E-state index contributed by atoms with van der Waals surface area (Å²) in [6.07, 6.45) is 2.75. The quantitative estimate of drug-likeness (QED) is 0.352. The largest absolute Gasteiger partial charge is 0.401 e. The van der Waals surface area contributed by atoms with Gasteiger partial charge in [0.15, 0.2) is 5.96 Å². The Morgan fingerprint density at radius 3 is 2.64 bits per heavy atom. The van der Waals surface area contributed by atoms with Crippen molar-refractivity contribution in [3.63, 3.8) is 0 Å². The molecule has 0 radical (unpaired) electrons. The van der Waals surface area contributed by atoms with Crippen LogP contribution in [-0.4, -0.2) is 55.8 Å². The van der Waals surface area contributed by atoms with Crippen LogP contribution in [0, 0.1) is 5.92 Å². The molecule has 7 heteroatoms. The summed E-state index contributed by atoms with van der Waals surface area (Å²) in [5.74, 6) is 0.984. The first-order valence-corrected chi connectivity index (χ1v) is 9.68. The van der Waals surface area contributed by atoms with Gasteiger partial charge in [0.25, 0.3) is 0 Å². The number of likely N-dealkylation sites (tertiary alicyclic amines) is 1. The minimum atomic E-state index is -4.11. The third kappa shape index (κ3) is 10.6. The molecule has 2 N–H and O–H groups in total. The molecule has 2 unspecified atom stereocenters. The Bertz CT molecular complexity index is 385. The summed E-state index contributed by atoms with van der Waals surface area (Å²) in [6.45, 7) is 7.91. The van der Waals surface area contributed by atoms with Crippen molar-refractivity contribution in [2.45, 2.75) is 71.5 Å². The van der Waals surface area contributed by atoms with Crippen LogP contribution in [-0.2, 0) is 0 Å². The highest BCUT2D eigenvalue weighted by Crippen LogP contribution is 2.22. The van der Waals surface area contributed by atoms with E-state index in [9.17, 15) is 13.2 Å². The van der Waals surface area contributed by atoms with E-state index in [1.54, 1.807) is 0 Å². The lowest BCUT2D eigenvalue weighted by atomic mass is 10.1. The molecule has 0 spiro atoms. The number of rotatable bonds is 10. The zero-order valence-electron chi connectivity index (χ0n) is 16.0. The molecule has 1 aliphatic rings. The number of guanidine groups is 1. The normalized spacial score (nSPS) is 20.7. The summed E-state index contributed by atoms with van der Waals surface area (Å²) in [4.78, 5) is 6.08. The summed E-state index contributed by atoms with van der Waals surface area (Å²) < 4.78 is 37.4. The predicted octanol–water partition coefficient (Wildman–Crippen LogP) is 3.78. The highest BCUT2D eigenvalue weighted by Gasteiger charge is 2.34. The van der Waals surface area contributed by atoms with Crippen molar-refractivity contribution in [3.8, 4) is 0 Å². The Labute approximate surface area is 150 Å². The van der Waals surface area contributed by atoms with Gasteiger partial charge in [-0.1, -0.05) is 32.6 Å². The number of unbranched alkanes of at least 4 members (excludes halogenated alkanes) is 3. The van der Waals surface area contributed by atoms with Crippen LogP contribution in [0.4, 0.5) is 13.2 Å². The standard InChI is InChI=1S/C18H35F3N4/c1-4-6-7-8-9-15(3)24-17(22-5-2)23-12-16-10-11-25(13-16)14-18(19,20)21/h15-16H,4-14H2,1-3H3,(H2,22,23,24). The van der Waals surface area contributed by atoms with E-state index in [0.29, 0.717) is 25.7 Å². The van der Waals surface area contributed by atoms with Crippen molar-refractivity contribution in [3.05, 3.63) is 0 Å². The van der Waals surface area contributed by atoms with Gasteiger partial charge in [-0.05, 0) is 39.2 Å². The van der Waals surface area contributed by atoms with Crippen molar-refractivity contribution >= 4 is 5.96 Å². The van der Waals surface area contributed by atoms with Gasteiger partial charge in [0.1, 0.15) is 0 Å². The molecule has 2 atom stereocenters. The average molecular weight is 365 g/mol. The van der Waals surface area contributed by atoms with E-state index in [2.05, 4.69) is 29.5 Å². The first kappa shape index (κ1) is 22.1. The Kier molecular flexibility index (Phi) is 10.2. The molecule has 25 heavy (non-hydrogen) atoms. The maximum atomic E-state index is 12.5. The number of hydrogen-bond donors (Lipinski definition) is 2. The molecule has 0 aromatic heterocycles. The van der Waals surface area contributed by atoms with Gasteiger partial charge in [0.05, 0.1) is 6.54 Å². The van der Waals surface area contributed by atoms with Crippen LogP contribution >= 0.6 is 0 Å². The Hall–Kier alpha value is -0.980. The zero-order valence-corrected chi connectivity index (χ0v) is 16.0. The highest BCUT2D eigenvalue weighted by molar-refractivity contribution is 5.80. The van der Waals surface area contributed by atoms with Crippen LogP contribution in [0.2, 0.25) is 0 Å². The maximum absolute atomic E-state index is 12.5. The third-order valence-corrected chi connectivity index (χ3v) is 4.50. The summed E-state index contributed by atoms with van der Waals surface area (Å²) in [5, 5.41) is 6.65. The van der Waals surface area contributed by atoms with E-state index >= 15 is 0 Å². The summed E-state index contributed by atoms with van der Waals surface area (Å²) in [5.41, 5.74) is 0. The van der Waals surface area contributed by atoms with E-state index in [1.807, 2.05) is 6.92 Å². The number of aliphatic imine (C=N–C) groups is 1. The SMILES string of the molecule is CCCCCCC(C)NC(=NCC1CCN(CC(F)(F)F)C1)NCC. The fourth-order valence-electron chi connectivity index (χ4n) is 3.18. The molecule has 1 rings (SSSR count). The Balaban J connectivity index is 2.37. The van der Waals surface area contributed by atoms with Gasteiger partial charge in [0, 0.05) is 25.7 Å². The van der Waals surface area contributed by atoms with Crippen molar-refractivity contribution in [1.29, 1.82) is 0 Å². The molecule has 0 amide bonds. The smallest absolute Gasteiger partial charge is 0.357 e. The Morgan fingerprint density at radius 1 is 1.24 bits per heavy atom. The van der Waals surface area contributed by atoms with E-state index < -0.39 is 12.7 Å².